The third-order valence-electron chi connectivity index (χ3n) is 6.04. The Morgan fingerprint density at radius 1 is 1.17 bits per heavy atom. The van der Waals surface area contributed by atoms with Gasteiger partial charge in [0.15, 0.2) is 5.84 Å². The summed E-state index contributed by atoms with van der Waals surface area (Å²) in [6.07, 6.45) is 8.47. The van der Waals surface area contributed by atoms with Crippen molar-refractivity contribution in [2.75, 3.05) is 17.9 Å². The van der Waals surface area contributed by atoms with Crippen LogP contribution in [-0.2, 0) is 15.0 Å². The number of fused-ring (bicyclic) bond motifs is 1. The summed E-state index contributed by atoms with van der Waals surface area (Å²) >= 11 is 0. The van der Waals surface area contributed by atoms with Gasteiger partial charge in [-0.2, -0.15) is 8.42 Å². The molecule has 0 aromatic heterocycles. The average Bonchev–Trinajstić information content (AvgIpc) is 2.71. The highest BCUT2D eigenvalue weighted by molar-refractivity contribution is 7.91. The number of anilines is 1. The first-order valence-electron chi connectivity index (χ1n) is 10.4. The molecule has 1 amide bonds. The molecule has 1 aliphatic carbocycles. The quantitative estimate of drug-likeness (QED) is 0.776. The first-order valence-corrected chi connectivity index (χ1v) is 11.8. The van der Waals surface area contributed by atoms with Crippen LogP contribution in [0.5, 0.6) is 5.75 Å². The van der Waals surface area contributed by atoms with Crippen LogP contribution >= 0.6 is 0 Å². The van der Waals surface area contributed by atoms with Gasteiger partial charge in [-0.15, -0.1) is 4.40 Å². The SMILES string of the molecule is NC1=NS(=O)(=O)Nc2cccc(OCC3CCCCN3C(=O)C3CCCCC3)c21. The third kappa shape index (κ3) is 4.34. The lowest BCUT2D eigenvalue weighted by Gasteiger charge is -2.38. The summed E-state index contributed by atoms with van der Waals surface area (Å²) in [6.45, 7) is 1.13. The Morgan fingerprint density at radius 2 is 1.93 bits per heavy atom. The van der Waals surface area contributed by atoms with Crippen LogP contribution in [0.25, 0.3) is 0 Å². The van der Waals surface area contributed by atoms with Crippen molar-refractivity contribution in [3.63, 3.8) is 0 Å². The van der Waals surface area contributed by atoms with E-state index in [2.05, 4.69) is 9.12 Å². The number of carbonyl (C=O) groups is 1. The molecule has 9 heteroatoms. The van der Waals surface area contributed by atoms with Crippen molar-refractivity contribution in [3.8, 4) is 5.75 Å². The Labute approximate surface area is 171 Å². The van der Waals surface area contributed by atoms with Gasteiger partial charge in [-0.1, -0.05) is 25.3 Å². The van der Waals surface area contributed by atoms with E-state index in [0.29, 0.717) is 23.6 Å². The highest BCUT2D eigenvalue weighted by atomic mass is 32.2. The molecular weight excluding hydrogens is 392 g/mol. The number of hydrogen-bond donors (Lipinski definition) is 2. The van der Waals surface area contributed by atoms with Gasteiger partial charge in [-0.3, -0.25) is 9.52 Å². The number of benzene rings is 1. The predicted molar refractivity (Wildman–Crippen MR) is 111 cm³/mol. The fourth-order valence-electron chi connectivity index (χ4n) is 4.57. The van der Waals surface area contributed by atoms with E-state index in [-0.39, 0.29) is 23.7 Å². The van der Waals surface area contributed by atoms with Gasteiger partial charge in [0.2, 0.25) is 5.91 Å². The van der Waals surface area contributed by atoms with Crippen molar-refractivity contribution in [2.45, 2.75) is 57.4 Å². The van der Waals surface area contributed by atoms with Crippen molar-refractivity contribution in [1.29, 1.82) is 0 Å². The molecule has 2 fully saturated rings. The smallest absolute Gasteiger partial charge is 0.344 e. The number of rotatable bonds is 4. The molecule has 0 spiro atoms. The highest BCUT2D eigenvalue weighted by Gasteiger charge is 2.33. The van der Waals surface area contributed by atoms with Gasteiger partial charge >= 0.3 is 10.2 Å². The van der Waals surface area contributed by atoms with Crippen LogP contribution in [0.3, 0.4) is 0 Å². The minimum absolute atomic E-state index is 0.0208. The Kier molecular flexibility index (Phi) is 5.67. The van der Waals surface area contributed by atoms with E-state index in [4.69, 9.17) is 10.5 Å². The number of amidine groups is 1. The fourth-order valence-corrected chi connectivity index (χ4v) is 5.42. The molecule has 3 aliphatic rings. The van der Waals surface area contributed by atoms with Crippen molar-refractivity contribution in [1.82, 2.24) is 4.90 Å². The Hall–Kier alpha value is -2.29. The summed E-state index contributed by atoms with van der Waals surface area (Å²) in [4.78, 5) is 15.1. The van der Waals surface area contributed by atoms with Crippen molar-refractivity contribution in [2.24, 2.45) is 16.0 Å². The van der Waals surface area contributed by atoms with E-state index in [1.165, 1.54) is 6.42 Å². The number of nitrogens with zero attached hydrogens (tertiary/aromatic N) is 2. The van der Waals surface area contributed by atoms with E-state index in [0.717, 1.165) is 51.5 Å². The standard InChI is InChI=1S/C20H28N4O4S/c21-19-18-16(22-29(26,27)23-19)10-6-11-17(18)28-13-15-9-4-5-12-24(15)20(25)14-7-2-1-3-8-14/h6,10-11,14-15,22H,1-5,7-9,12-13H2,(H2,21,23). The molecule has 29 heavy (non-hydrogen) atoms. The summed E-state index contributed by atoms with van der Waals surface area (Å²) in [5.41, 5.74) is 6.69. The van der Waals surface area contributed by atoms with Crippen LogP contribution in [-0.4, -0.2) is 44.3 Å². The number of ether oxygens (including phenoxy) is 1. The number of likely N-dealkylation sites (tertiary alicyclic amines) is 1. The number of nitrogens with one attached hydrogen (secondary N) is 1. The lowest BCUT2D eigenvalue weighted by molar-refractivity contribution is -0.141. The second-order valence-corrected chi connectivity index (χ2v) is 9.40. The lowest BCUT2D eigenvalue weighted by Crippen LogP contribution is -2.49. The average molecular weight is 421 g/mol. The van der Waals surface area contributed by atoms with E-state index < -0.39 is 10.2 Å². The molecule has 3 N–H and O–H groups in total. The van der Waals surface area contributed by atoms with Gasteiger partial charge in [0.05, 0.1) is 17.3 Å². The summed E-state index contributed by atoms with van der Waals surface area (Å²) in [7, 11) is -3.83. The Bertz CT molecular complexity index is 909. The van der Waals surface area contributed by atoms with Gasteiger partial charge in [0.25, 0.3) is 0 Å². The topological polar surface area (TPSA) is 114 Å². The summed E-state index contributed by atoms with van der Waals surface area (Å²) in [5.74, 6) is 0.794. The highest BCUT2D eigenvalue weighted by Crippen LogP contribution is 2.32. The Balaban J connectivity index is 1.49. The molecule has 1 atom stereocenters. The largest absolute Gasteiger partial charge is 0.491 e. The third-order valence-corrected chi connectivity index (χ3v) is 6.95. The van der Waals surface area contributed by atoms with Crippen LogP contribution in [0, 0.1) is 5.92 Å². The summed E-state index contributed by atoms with van der Waals surface area (Å²) in [6, 6.07) is 5.10. The van der Waals surface area contributed by atoms with E-state index in [1.807, 2.05) is 4.90 Å². The molecule has 1 saturated heterocycles. The molecule has 4 rings (SSSR count). The van der Waals surface area contributed by atoms with E-state index in [9.17, 15) is 13.2 Å². The number of nitrogens with two attached hydrogens (primary N) is 1. The number of hydrogen-bond acceptors (Lipinski definition) is 5. The van der Waals surface area contributed by atoms with Crippen molar-refractivity contribution >= 4 is 27.6 Å². The maximum absolute atomic E-state index is 13.1. The van der Waals surface area contributed by atoms with E-state index in [1.54, 1.807) is 18.2 Å². The molecule has 1 saturated carbocycles. The minimum atomic E-state index is -3.83. The van der Waals surface area contributed by atoms with Crippen molar-refractivity contribution < 1.29 is 17.9 Å². The normalized spacial score (nSPS) is 24.2. The molecule has 0 bridgehead atoms. The number of piperidine rings is 1. The van der Waals surface area contributed by atoms with Gasteiger partial charge in [-0.25, -0.2) is 0 Å². The van der Waals surface area contributed by atoms with Gasteiger partial charge < -0.3 is 15.4 Å². The molecule has 0 radical (unpaired) electrons. The van der Waals surface area contributed by atoms with Gasteiger partial charge in [-0.05, 0) is 44.2 Å². The first kappa shape index (κ1) is 20.0. The Morgan fingerprint density at radius 3 is 2.72 bits per heavy atom. The van der Waals surface area contributed by atoms with E-state index >= 15 is 0 Å². The maximum atomic E-state index is 13.1. The minimum Gasteiger partial charge on any atom is -0.491 e. The number of amides is 1. The van der Waals surface area contributed by atoms with Crippen LogP contribution in [0.2, 0.25) is 0 Å². The monoisotopic (exact) mass is 420 g/mol. The molecule has 2 heterocycles. The fraction of sp³-hybridized carbons (Fsp3) is 0.600. The zero-order valence-corrected chi connectivity index (χ0v) is 17.3. The van der Waals surface area contributed by atoms with Crippen LogP contribution in [0.15, 0.2) is 22.6 Å². The van der Waals surface area contributed by atoms with Crippen LogP contribution in [0.1, 0.15) is 56.9 Å². The first-order chi connectivity index (χ1) is 13.9. The number of carbonyl (C=O) groups excluding carboxylic acids is 1. The zero-order chi connectivity index (χ0) is 20.4. The molecule has 1 aromatic carbocycles. The summed E-state index contributed by atoms with van der Waals surface area (Å²) in [5, 5.41) is 0. The van der Waals surface area contributed by atoms with Crippen molar-refractivity contribution in [3.05, 3.63) is 23.8 Å². The predicted octanol–water partition coefficient (Wildman–Crippen LogP) is 2.40. The van der Waals surface area contributed by atoms with Crippen LogP contribution < -0.4 is 15.2 Å². The molecule has 158 valence electrons. The zero-order valence-electron chi connectivity index (χ0n) is 16.5. The molecule has 8 nitrogen and oxygen atoms in total. The molecule has 2 aliphatic heterocycles. The second-order valence-electron chi connectivity index (χ2n) is 8.06. The summed E-state index contributed by atoms with van der Waals surface area (Å²) < 4.78 is 35.5. The molecule has 1 unspecified atom stereocenters. The van der Waals surface area contributed by atoms with Crippen LogP contribution in [0.4, 0.5) is 5.69 Å². The van der Waals surface area contributed by atoms with Gasteiger partial charge in [0, 0.05) is 12.5 Å². The lowest BCUT2D eigenvalue weighted by atomic mass is 9.87. The molecular formula is C20H28N4O4S. The molecule has 1 aromatic rings. The van der Waals surface area contributed by atoms with Gasteiger partial charge in [0.1, 0.15) is 12.4 Å². The maximum Gasteiger partial charge on any atom is 0.344 e. The second kappa shape index (κ2) is 8.22.